The van der Waals surface area contributed by atoms with Crippen LogP contribution < -0.4 is 10.2 Å². The Labute approximate surface area is 129 Å². The molecule has 3 nitrogen and oxygen atoms in total. The normalized spacial score (nSPS) is 15.5. The van der Waals surface area contributed by atoms with Crippen molar-refractivity contribution in [3.05, 3.63) is 24.3 Å². The van der Waals surface area contributed by atoms with Gasteiger partial charge >= 0.3 is 0 Å². The Morgan fingerprint density at radius 3 is 2.43 bits per heavy atom. The maximum atomic E-state index is 5.61. The highest BCUT2D eigenvalue weighted by atomic mass is 16.5. The third kappa shape index (κ3) is 5.96. The van der Waals surface area contributed by atoms with E-state index in [1.165, 1.54) is 43.7 Å². The Morgan fingerprint density at radius 1 is 1.05 bits per heavy atom. The Hall–Kier alpha value is -1.22. The topological polar surface area (TPSA) is 24.5 Å². The molecule has 3 heteroatoms. The van der Waals surface area contributed by atoms with Gasteiger partial charge in [0.1, 0.15) is 0 Å². The average molecular weight is 290 g/mol. The Bertz CT molecular complexity index is 383. The lowest BCUT2D eigenvalue weighted by atomic mass is 10.1. The highest BCUT2D eigenvalue weighted by Crippen LogP contribution is 2.21. The van der Waals surface area contributed by atoms with Crippen molar-refractivity contribution in [1.29, 1.82) is 0 Å². The molecule has 0 spiro atoms. The molecule has 1 aliphatic heterocycles. The van der Waals surface area contributed by atoms with E-state index in [9.17, 15) is 0 Å². The second-order valence-electron chi connectivity index (χ2n) is 6.32. The smallest absolute Gasteiger partial charge is 0.0639 e. The number of hydrogen-bond donors (Lipinski definition) is 1. The van der Waals surface area contributed by atoms with Crippen LogP contribution in [-0.4, -0.2) is 32.8 Å². The van der Waals surface area contributed by atoms with E-state index >= 15 is 0 Å². The molecule has 0 atom stereocenters. The molecule has 2 rings (SSSR count). The molecule has 118 valence electrons. The summed E-state index contributed by atoms with van der Waals surface area (Å²) in [6.07, 6.45) is 5.18. The first-order valence-electron chi connectivity index (χ1n) is 8.42. The zero-order chi connectivity index (χ0) is 14.9. The van der Waals surface area contributed by atoms with Crippen LogP contribution in [0.4, 0.5) is 11.4 Å². The molecule has 0 unspecified atom stereocenters. The number of piperidine rings is 1. The van der Waals surface area contributed by atoms with Gasteiger partial charge in [0.25, 0.3) is 0 Å². The molecular weight excluding hydrogens is 260 g/mol. The highest BCUT2D eigenvalue weighted by Gasteiger charge is 2.10. The first-order chi connectivity index (χ1) is 10.3. The van der Waals surface area contributed by atoms with Crippen molar-refractivity contribution in [2.45, 2.75) is 39.5 Å². The SMILES string of the molecule is CC(C)CCOCCNc1ccc(N2CCCCC2)cc1. The van der Waals surface area contributed by atoms with Gasteiger partial charge in [0.15, 0.2) is 0 Å². The lowest BCUT2D eigenvalue weighted by Gasteiger charge is -2.28. The molecule has 1 aromatic carbocycles. The monoisotopic (exact) mass is 290 g/mol. The van der Waals surface area contributed by atoms with E-state index in [1.807, 2.05) is 0 Å². The number of nitrogens with one attached hydrogen (secondary N) is 1. The molecule has 1 saturated heterocycles. The Kier molecular flexibility index (Phi) is 6.87. The molecule has 0 amide bonds. The van der Waals surface area contributed by atoms with Crippen LogP contribution in [0.1, 0.15) is 39.5 Å². The summed E-state index contributed by atoms with van der Waals surface area (Å²) in [4.78, 5) is 2.49. The number of anilines is 2. The summed E-state index contributed by atoms with van der Waals surface area (Å²) in [5.74, 6) is 0.722. The van der Waals surface area contributed by atoms with Crippen LogP contribution in [-0.2, 0) is 4.74 Å². The van der Waals surface area contributed by atoms with Crippen molar-refractivity contribution in [3.63, 3.8) is 0 Å². The van der Waals surface area contributed by atoms with Crippen molar-refractivity contribution >= 4 is 11.4 Å². The van der Waals surface area contributed by atoms with Gasteiger partial charge in [0.05, 0.1) is 6.61 Å². The summed E-state index contributed by atoms with van der Waals surface area (Å²) in [7, 11) is 0. The maximum Gasteiger partial charge on any atom is 0.0639 e. The number of hydrogen-bond acceptors (Lipinski definition) is 3. The van der Waals surface area contributed by atoms with E-state index in [0.717, 1.165) is 32.1 Å². The fraction of sp³-hybridized carbons (Fsp3) is 0.667. The minimum atomic E-state index is 0.722. The molecule has 0 radical (unpaired) electrons. The standard InChI is InChI=1S/C18H30N2O/c1-16(2)10-14-21-15-11-19-17-6-8-18(9-7-17)20-12-4-3-5-13-20/h6-9,16,19H,3-5,10-15H2,1-2H3. The molecule has 0 aliphatic carbocycles. The van der Waals surface area contributed by atoms with Crippen molar-refractivity contribution in [3.8, 4) is 0 Å². The summed E-state index contributed by atoms with van der Waals surface area (Å²) >= 11 is 0. The highest BCUT2D eigenvalue weighted by molar-refractivity contribution is 5.55. The minimum Gasteiger partial charge on any atom is -0.383 e. The van der Waals surface area contributed by atoms with Gasteiger partial charge in [-0.1, -0.05) is 13.8 Å². The van der Waals surface area contributed by atoms with Gasteiger partial charge < -0.3 is 15.0 Å². The van der Waals surface area contributed by atoms with Crippen LogP contribution >= 0.6 is 0 Å². The zero-order valence-corrected chi connectivity index (χ0v) is 13.6. The molecule has 0 saturated carbocycles. The average Bonchev–Trinajstić information content (AvgIpc) is 2.52. The van der Waals surface area contributed by atoms with Crippen LogP contribution in [0.2, 0.25) is 0 Å². The van der Waals surface area contributed by atoms with E-state index in [1.54, 1.807) is 0 Å². The van der Waals surface area contributed by atoms with E-state index in [2.05, 4.69) is 48.3 Å². The Balaban J connectivity index is 1.65. The molecule has 1 aromatic rings. The van der Waals surface area contributed by atoms with Crippen LogP contribution in [0.15, 0.2) is 24.3 Å². The molecule has 21 heavy (non-hydrogen) atoms. The fourth-order valence-electron chi connectivity index (χ4n) is 2.63. The van der Waals surface area contributed by atoms with E-state index in [4.69, 9.17) is 4.74 Å². The van der Waals surface area contributed by atoms with E-state index in [-0.39, 0.29) is 0 Å². The summed E-state index contributed by atoms with van der Waals surface area (Å²) in [5.41, 5.74) is 2.54. The second-order valence-corrected chi connectivity index (χ2v) is 6.32. The molecule has 0 aromatic heterocycles. The molecule has 1 heterocycles. The number of nitrogens with zero attached hydrogens (tertiary/aromatic N) is 1. The van der Waals surface area contributed by atoms with Crippen LogP contribution in [0.25, 0.3) is 0 Å². The van der Waals surface area contributed by atoms with Gasteiger partial charge in [-0.3, -0.25) is 0 Å². The minimum absolute atomic E-state index is 0.722. The van der Waals surface area contributed by atoms with Gasteiger partial charge in [-0.25, -0.2) is 0 Å². The molecule has 1 N–H and O–H groups in total. The fourth-order valence-corrected chi connectivity index (χ4v) is 2.63. The predicted molar refractivity (Wildman–Crippen MR) is 91.3 cm³/mol. The van der Waals surface area contributed by atoms with Crippen LogP contribution in [0.5, 0.6) is 0 Å². The molecule has 1 aliphatic rings. The summed E-state index contributed by atoms with van der Waals surface area (Å²) in [6.45, 7) is 9.39. The second kappa shape index (κ2) is 8.93. The van der Waals surface area contributed by atoms with Crippen molar-refractivity contribution in [2.24, 2.45) is 5.92 Å². The van der Waals surface area contributed by atoms with Gasteiger partial charge in [-0.05, 0) is 55.9 Å². The van der Waals surface area contributed by atoms with E-state index < -0.39 is 0 Å². The quantitative estimate of drug-likeness (QED) is 0.728. The largest absolute Gasteiger partial charge is 0.383 e. The van der Waals surface area contributed by atoms with Gasteiger partial charge in [0, 0.05) is 37.6 Å². The third-order valence-corrected chi connectivity index (χ3v) is 4.00. The van der Waals surface area contributed by atoms with Crippen LogP contribution in [0, 0.1) is 5.92 Å². The summed E-state index contributed by atoms with van der Waals surface area (Å²) in [5, 5.41) is 3.42. The third-order valence-electron chi connectivity index (χ3n) is 4.00. The van der Waals surface area contributed by atoms with Gasteiger partial charge in [0.2, 0.25) is 0 Å². The number of rotatable bonds is 8. The number of ether oxygens (including phenoxy) is 1. The molecule has 1 fully saturated rings. The van der Waals surface area contributed by atoms with Crippen molar-refractivity contribution in [2.75, 3.05) is 43.1 Å². The Morgan fingerprint density at radius 2 is 1.76 bits per heavy atom. The zero-order valence-electron chi connectivity index (χ0n) is 13.6. The maximum absolute atomic E-state index is 5.61. The lowest BCUT2D eigenvalue weighted by molar-refractivity contribution is 0.132. The van der Waals surface area contributed by atoms with Crippen molar-refractivity contribution in [1.82, 2.24) is 0 Å². The molecule has 0 bridgehead atoms. The molecular formula is C18H30N2O. The summed E-state index contributed by atoms with van der Waals surface area (Å²) in [6, 6.07) is 8.82. The first kappa shape index (κ1) is 16.2. The van der Waals surface area contributed by atoms with E-state index in [0.29, 0.717) is 0 Å². The first-order valence-corrected chi connectivity index (χ1v) is 8.42. The summed E-state index contributed by atoms with van der Waals surface area (Å²) < 4.78 is 5.61. The lowest BCUT2D eigenvalue weighted by Crippen LogP contribution is -2.29. The van der Waals surface area contributed by atoms with Crippen LogP contribution in [0.3, 0.4) is 0 Å². The van der Waals surface area contributed by atoms with Crippen molar-refractivity contribution < 1.29 is 4.74 Å². The predicted octanol–water partition coefficient (Wildman–Crippen LogP) is 4.15. The van der Waals surface area contributed by atoms with Gasteiger partial charge in [-0.15, -0.1) is 0 Å². The van der Waals surface area contributed by atoms with Gasteiger partial charge in [-0.2, -0.15) is 0 Å². The number of benzene rings is 1.